The Morgan fingerprint density at radius 3 is 2.56 bits per heavy atom. The second-order valence-corrected chi connectivity index (χ2v) is 7.64. The van der Waals surface area contributed by atoms with E-state index < -0.39 is 0 Å². The van der Waals surface area contributed by atoms with Gasteiger partial charge in [-0.05, 0) is 60.0 Å². The molecule has 3 rings (SSSR count). The van der Waals surface area contributed by atoms with Gasteiger partial charge in [0.05, 0.1) is 0 Å². The summed E-state index contributed by atoms with van der Waals surface area (Å²) in [6, 6.07) is 5.44. The molecule has 1 heterocycles. The maximum Gasteiger partial charge on any atom is 0.137 e. The van der Waals surface area contributed by atoms with E-state index in [1.54, 1.807) is 12.1 Å². The van der Waals surface area contributed by atoms with Gasteiger partial charge in [-0.25, -0.2) is 4.39 Å². The third-order valence-corrected chi connectivity index (χ3v) is 6.24. The van der Waals surface area contributed by atoms with Crippen LogP contribution in [0.5, 0.6) is 0 Å². The quantitative estimate of drug-likeness (QED) is 0.758. The Bertz CT molecular complexity index is 484. The molecule has 0 aromatic heterocycles. The molecule has 0 unspecified atom stereocenters. The Kier molecular flexibility index (Phi) is 3.97. The van der Waals surface area contributed by atoms with Crippen LogP contribution in [-0.2, 0) is 0 Å². The van der Waals surface area contributed by atoms with Gasteiger partial charge in [0.25, 0.3) is 0 Å². The number of benzene rings is 1. The van der Waals surface area contributed by atoms with E-state index in [2.05, 4.69) is 12.6 Å². The van der Waals surface area contributed by atoms with Gasteiger partial charge < -0.3 is 0 Å². The van der Waals surface area contributed by atoms with Crippen molar-refractivity contribution >= 4 is 41.7 Å². The fourth-order valence-corrected chi connectivity index (χ4v) is 5.14. The highest BCUT2D eigenvalue weighted by Gasteiger charge is 2.30. The third kappa shape index (κ3) is 2.75. The van der Waals surface area contributed by atoms with Crippen molar-refractivity contribution in [3.63, 3.8) is 0 Å². The predicted molar refractivity (Wildman–Crippen MR) is 82.8 cm³/mol. The molecule has 18 heavy (non-hydrogen) atoms. The maximum absolute atomic E-state index is 13.7. The summed E-state index contributed by atoms with van der Waals surface area (Å²) in [5.74, 6) is 2.85. The molecule has 1 aromatic carbocycles. The number of halogens is 1. The van der Waals surface area contributed by atoms with Crippen molar-refractivity contribution in [3.8, 4) is 0 Å². The van der Waals surface area contributed by atoms with Crippen LogP contribution in [0, 0.1) is 11.7 Å². The Hall–Kier alpha value is -0.0600. The van der Waals surface area contributed by atoms with Gasteiger partial charge in [0.2, 0.25) is 0 Å². The van der Waals surface area contributed by atoms with Gasteiger partial charge in [0.15, 0.2) is 0 Å². The molecule has 0 atom stereocenters. The molecule has 2 aliphatic rings. The summed E-state index contributed by atoms with van der Waals surface area (Å²) < 4.78 is 15.1. The van der Waals surface area contributed by atoms with Crippen LogP contribution in [0.2, 0.25) is 0 Å². The van der Waals surface area contributed by atoms with Crippen LogP contribution < -0.4 is 0 Å². The van der Waals surface area contributed by atoms with E-state index in [1.807, 2.05) is 29.6 Å². The van der Waals surface area contributed by atoms with Gasteiger partial charge in [-0.2, -0.15) is 0 Å². The first-order valence-corrected chi connectivity index (χ1v) is 8.66. The minimum absolute atomic E-state index is 0.208. The summed E-state index contributed by atoms with van der Waals surface area (Å²) in [7, 11) is 0. The molecule has 1 saturated carbocycles. The fourth-order valence-electron chi connectivity index (χ4n) is 2.15. The van der Waals surface area contributed by atoms with Crippen LogP contribution >= 0.6 is 36.2 Å². The lowest BCUT2D eigenvalue weighted by Crippen LogP contribution is -1.98. The van der Waals surface area contributed by atoms with Crippen LogP contribution in [0.3, 0.4) is 0 Å². The van der Waals surface area contributed by atoms with Gasteiger partial charge in [-0.15, -0.1) is 36.2 Å². The second kappa shape index (κ2) is 5.51. The van der Waals surface area contributed by atoms with Crippen molar-refractivity contribution in [2.45, 2.75) is 24.2 Å². The topological polar surface area (TPSA) is 0 Å². The van der Waals surface area contributed by atoms with Gasteiger partial charge in [0, 0.05) is 9.13 Å². The lowest BCUT2D eigenvalue weighted by molar-refractivity contribution is 0.602. The predicted octanol–water partition coefficient (Wildman–Crippen LogP) is 5.06. The van der Waals surface area contributed by atoms with Crippen molar-refractivity contribution in [2.75, 3.05) is 11.5 Å². The molecule has 0 nitrogen and oxygen atoms in total. The number of hydrogen-bond acceptors (Lipinski definition) is 3. The lowest BCUT2D eigenvalue weighted by atomic mass is 10.0. The molecule has 1 saturated heterocycles. The maximum atomic E-state index is 13.7. The normalized spacial score (nSPS) is 20.0. The van der Waals surface area contributed by atoms with E-state index in [0.717, 1.165) is 5.56 Å². The zero-order valence-corrected chi connectivity index (χ0v) is 12.5. The van der Waals surface area contributed by atoms with Crippen molar-refractivity contribution in [1.29, 1.82) is 0 Å². The van der Waals surface area contributed by atoms with E-state index in [4.69, 9.17) is 0 Å². The van der Waals surface area contributed by atoms with E-state index in [-0.39, 0.29) is 5.82 Å². The smallest absolute Gasteiger partial charge is 0.137 e. The number of rotatable bonds is 2. The van der Waals surface area contributed by atoms with Gasteiger partial charge in [-0.1, -0.05) is 6.07 Å². The van der Waals surface area contributed by atoms with E-state index >= 15 is 0 Å². The molecule has 1 aromatic rings. The Morgan fingerprint density at radius 2 is 1.94 bits per heavy atom. The molecule has 0 bridgehead atoms. The highest BCUT2D eigenvalue weighted by molar-refractivity contribution is 8.23. The van der Waals surface area contributed by atoms with E-state index in [1.165, 1.54) is 40.6 Å². The minimum atomic E-state index is -0.208. The molecule has 96 valence electrons. The zero-order chi connectivity index (χ0) is 12.5. The zero-order valence-electron chi connectivity index (χ0n) is 9.99. The first-order chi connectivity index (χ1) is 8.75. The highest BCUT2D eigenvalue weighted by Crippen LogP contribution is 2.50. The van der Waals surface area contributed by atoms with Crippen molar-refractivity contribution in [3.05, 3.63) is 33.8 Å². The number of thioether (sulfide) groups is 2. The van der Waals surface area contributed by atoms with Crippen LogP contribution in [0.15, 0.2) is 27.3 Å². The first-order valence-electron chi connectivity index (χ1n) is 6.24. The Balaban J connectivity index is 2.00. The summed E-state index contributed by atoms with van der Waals surface area (Å²) in [4.78, 5) is 0.433. The second-order valence-electron chi connectivity index (χ2n) is 4.69. The van der Waals surface area contributed by atoms with Crippen LogP contribution in [0.25, 0.3) is 5.57 Å². The number of thiol groups is 1. The molecule has 0 radical (unpaired) electrons. The molecule has 1 aliphatic heterocycles. The van der Waals surface area contributed by atoms with Crippen LogP contribution in [0.4, 0.5) is 4.39 Å². The third-order valence-electron chi connectivity index (χ3n) is 3.22. The van der Waals surface area contributed by atoms with Gasteiger partial charge >= 0.3 is 0 Å². The minimum Gasteiger partial charge on any atom is -0.206 e. The molecular formula is C14H15FS3. The number of hydrogen-bond donors (Lipinski definition) is 1. The summed E-state index contributed by atoms with van der Waals surface area (Å²) >= 11 is 8.00. The molecule has 4 heteroatoms. The standard InChI is InChI=1S/C14H15FS3/c15-11-8-10(4-5-12(11)16)13(9-2-3-9)14-17-6-1-7-18-14/h4-5,8-9,16H,1-3,6-7H2. The monoisotopic (exact) mass is 298 g/mol. The van der Waals surface area contributed by atoms with Crippen molar-refractivity contribution in [2.24, 2.45) is 5.92 Å². The largest absolute Gasteiger partial charge is 0.206 e. The SMILES string of the molecule is Fc1cc(C(=C2SCCCS2)C2CC2)ccc1S. The Labute approximate surface area is 121 Å². The average Bonchev–Trinajstić information content (AvgIpc) is 3.20. The van der Waals surface area contributed by atoms with Gasteiger partial charge in [-0.3, -0.25) is 0 Å². The van der Waals surface area contributed by atoms with Crippen molar-refractivity contribution < 1.29 is 4.39 Å². The molecule has 0 spiro atoms. The number of allylic oxidation sites excluding steroid dienone is 1. The molecular weight excluding hydrogens is 283 g/mol. The van der Waals surface area contributed by atoms with Crippen LogP contribution in [0.1, 0.15) is 24.8 Å². The van der Waals surface area contributed by atoms with Crippen molar-refractivity contribution in [1.82, 2.24) is 0 Å². The molecule has 2 fully saturated rings. The fraction of sp³-hybridized carbons (Fsp3) is 0.429. The first kappa shape index (κ1) is 12.9. The summed E-state index contributed by atoms with van der Waals surface area (Å²) in [6.45, 7) is 0. The summed E-state index contributed by atoms with van der Waals surface area (Å²) in [5.41, 5.74) is 2.45. The molecule has 0 N–H and O–H groups in total. The van der Waals surface area contributed by atoms with Crippen LogP contribution in [-0.4, -0.2) is 11.5 Å². The summed E-state index contributed by atoms with van der Waals surface area (Å²) in [5, 5.41) is 0. The molecule has 1 aliphatic carbocycles. The lowest BCUT2D eigenvalue weighted by Gasteiger charge is -2.18. The van der Waals surface area contributed by atoms with Gasteiger partial charge in [0.1, 0.15) is 5.82 Å². The average molecular weight is 298 g/mol. The summed E-state index contributed by atoms with van der Waals surface area (Å²) in [6.07, 6.45) is 3.79. The Morgan fingerprint density at radius 1 is 1.22 bits per heavy atom. The van der Waals surface area contributed by atoms with E-state index in [9.17, 15) is 4.39 Å². The molecule has 0 amide bonds. The highest BCUT2D eigenvalue weighted by atomic mass is 32.2. The van der Waals surface area contributed by atoms with E-state index in [0.29, 0.717) is 10.8 Å².